The third-order valence-electron chi connectivity index (χ3n) is 3.84. The van der Waals surface area contributed by atoms with Crippen LogP contribution in [0.25, 0.3) is 0 Å². The highest BCUT2D eigenvalue weighted by molar-refractivity contribution is 7.92. The molecule has 0 spiro atoms. The van der Waals surface area contributed by atoms with Crippen LogP contribution in [0.5, 0.6) is 5.75 Å². The number of carbonyl (C=O) groups excluding carboxylic acids is 1. The number of nitrogens with zero attached hydrogens (tertiary/aromatic N) is 1. The number of halogens is 2. The van der Waals surface area contributed by atoms with Gasteiger partial charge in [0.05, 0.1) is 29.0 Å². The van der Waals surface area contributed by atoms with Gasteiger partial charge in [-0.05, 0) is 31.9 Å². The predicted molar refractivity (Wildman–Crippen MR) is 92.4 cm³/mol. The van der Waals surface area contributed by atoms with E-state index in [1.165, 1.54) is 18.3 Å². The van der Waals surface area contributed by atoms with Crippen molar-refractivity contribution >= 4 is 38.8 Å². The van der Waals surface area contributed by atoms with Crippen molar-refractivity contribution in [1.29, 1.82) is 0 Å². The maximum absolute atomic E-state index is 13.0. The lowest BCUT2D eigenvalue weighted by Crippen LogP contribution is -2.12. The number of carbonyl (C=O) groups is 1. The van der Waals surface area contributed by atoms with Crippen LogP contribution >= 0.6 is 23.2 Å². The van der Waals surface area contributed by atoms with Crippen LogP contribution in [-0.2, 0) is 9.84 Å². The minimum absolute atomic E-state index is 0.0478. The van der Waals surface area contributed by atoms with Gasteiger partial charge < -0.3 is 9.26 Å². The molecule has 1 aromatic carbocycles. The Morgan fingerprint density at radius 2 is 2.08 bits per heavy atom. The number of hydrogen-bond donors (Lipinski definition) is 0. The van der Waals surface area contributed by atoms with Gasteiger partial charge in [-0.1, -0.05) is 16.8 Å². The molecule has 0 aliphatic heterocycles. The number of sulfone groups is 1. The quantitative estimate of drug-likeness (QED) is 0.515. The zero-order valence-corrected chi connectivity index (χ0v) is 15.6. The van der Waals surface area contributed by atoms with Gasteiger partial charge in [-0.25, -0.2) is 8.42 Å². The van der Waals surface area contributed by atoms with Crippen LogP contribution in [0.4, 0.5) is 0 Å². The topological polar surface area (TPSA) is 86.5 Å². The lowest BCUT2D eigenvalue weighted by Gasteiger charge is -2.15. The molecule has 1 heterocycles. The number of alkyl halides is 1. The third-order valence-corrected chi connectivity index (χ3v) is 6.45. The molecule has 1 aromatic heterocycles. The van der Waals surface area contributed by atoms with Crippen molar-refractivity contribution in [3.63, 3.8) is 0 Å². The summed E-state index contributed by atoms with van der Waals surface area (Å²) in [5.74, 6) is 0.178. The van der Waals surface area contributed by atoms with Crippen LogP contribution in [0, 0.1) is 0 Å². The Balaban J connectivity index is 2.17. The smallest absolute Gasteiger partial charge is 0.202 e. The van der Waals surface area contributed by atoms with Crippen LogP contribution in [0.3, 0.4) is 0 Å². The van der Waals surface area contributed by atoms with Crippen LogP contribution < -0.4 is 4.74 Å². The molecule has 2 aromatic rings. The molecule has 0 N–H and O–H groups in total. The number of ether oxygens (including phenoxy) is 1. The van der Waals surface area contributed by atoms with E-state index in [-0.39, 0.29) is 33.8 Å². The second-order valence-corrected chi connectivity index (χ2v) is 8.53. The standard InChI is InChI=1S/C16H15Cl2NO5S/c1-2-23-15-10(5-6-12(18)16(15)25(21,22)8-17)13(20)11-7-19-24-14(11)9-3-4-9/h5-7,9H,2-4,8H2,1H3. The summed E-state index contributed by atoms with van der Waals surface area (Å²) in [6.45, 7) is 1.84. The fraction of sp³-hybridized carbons (Fsp3) is 0.375. The van der Waals surface area contributed by atoms with E-state index in [9.17, 15) is 13.2 Å². The molecular weight excluding hydrogens is 389 g/mol. The van der Waals surface area contributed by atoms with Crippen molar-refractivity contribution in [3.05, 3.63) is 40.2 Å². The van der Waals surface area contributed by atoms with Crippen LogP contribution in [0.1, 0.15) is 47.4 Å². The van der Waals surface area contributed by atoms with Gasteiger partial charge in [0, 0.05) is 5.92 Å². The molecule has 1 aliphatic rings. The van der Waals surface area contributed by atoms with Crippen molar-refractivity contribution in [3.8, 4) is 5.75 Å². The largest absolute Gasteiger partial charge is 0.492 e. The van der Waals surface area contributed by atoms with E-state index in [1.807, 2.05) is 0 Å². The number of aromatic nitrogens is 1. The first-order valence-corrected chi connectivity index (χ1v) is 10.2. The van der Waals surface area contributed by atoms with Crippen LogP contribution in [0.15, 0.2) is 27.7 Å². The van der Waals surface area contributed by atoms with E-state index in [4.69, 9.17) is 32.5 Å². The highest BCUT2D eigenvalue weighted by Crippen LogP contribution is 2.43. The van der Waals surface area contributed by atoms with Gasteiger partial charge in [0.25, 0.3) is 0 Å². The minimum Gasteiger partial charge on any atom is -0.492 e. The summed E-state index contributed by atoms with van der Waals surface area (Å²) in [7, 11) is -3.90. The summed E-state index contributed by atoms with van der Waals surface area (Å²) >= 11 is 11.6. The molecule has 0 unspecified atom stereocenters. The Bertz CT molecular complexity index is 919. The number of rotatable bonds is 7. The summed E-state index contributed by atoms with van der Waals surface area (Å²) < 4.78 is 35.3. The molecule has 0 saturated heterocycles. The summed E-state index contributed by atoms with van der Waals surface area (Å²) in [6, 6.07) is 2.79. The Kier molecular flexibility index (Phi) is 5.09. The molecule has 9 heteroatoms. The maximum atomic E-state index is 13.0. The van der Waals surface area contributed by atoms with Gasteiger partial charge >= 0.3 is 0 Å². The fourth-order valence-corrected chi connectivity index (χ4v) is 4.31. The lowest BCUT2D eigenvalue weighted by molar-refractivity contribution is 0.103. The van der Waals surface area contributed by atoms with Crippen molar-refractivity contribution in [2.45, 2.75) is 30.6 Å². The van der Waals surface area contributed by atoms with Crippen molar-refractivity contribution in [2.24, 2.45) is 0 Å². The number of ketones is 1. The fourth-order valence-electron chi connectivity index (χ4n) is 2.55. The first kappa shape index (κ1) is 18.2. The molecule has 0 atom stereocenters. The van der Waals surface area contributed by atoms with Gasteiger partial charge in [0.2, 0.25) is 5.78 Å². The molecule has 134 valence electrons. The van der Waals surface area contributed by atoms with E-state index >= 15 is 0 Å². The summed E-state index contributed by atoms with van der Waals surface area (Å²) in [6.07, 6.45) is 3.20. The summed E-state index contributed by atoms with van der Waals surface area (Å²) in [5.41, 5.74) is 0.389. The Labute approximate surface area is 155 Å². The first-order chi connectivity index (χ1) is 11.9. The van der Waals surface area contributed by atoms with E-state index in [2.05, 4.69) is 5.16 Å². The van der Waals surface area contributed by atoms with E-state index in [1.54, 1.807) is 6.92 Å². The molecule has 1 aliphatic carbocycles. The minimum atomic E-state index is -3.90. The first-order valence-electron chi connectivity index (χ1n) is 7.64. The monoisotopic (exact) mass is 403 g/mol. The zero-order valence-electron chi connectivity index (χ0n) is 13.3. The van der Waals surface area contributed by atoms with Crippen molar-refractivity contribution in [1.82, 2.24) is 5.16 Å². The lowest BCUT2D eigenvalue weighted by atomic mass is 10.0. The van der Waals surface area contributed by atoms with Gasteiger partial charge in [0.1, 0.15) is 10.1 Å². The van der Waals surface area contributed by atoms with Gasteiger partial charge in [0.15, 0.2) is 21.3 Å². The second kappa shape index (κ2) is 6.97. The highest BCUT2D eigenvalue weighted by Gasteiger charge is 2.35. The van der Waals surface area contributed by atoms with E-state index < -0.39 is 20.8 Å². The molecule has 1 fully saturated rings. The average Bonchev–Trinajstić information content (AvgIpc) is 3.31. The van der Waals surface area contributed by atoms with E-state index in [0.29, 0.717) is 11.3 Å². The maximum Gasteiger partial charge on any atom is 0.202 e. The number of benzene rings is 1. The molecule has 0 amide bonds. The molecule has 3 rings (SSSR count). The molecule has 1 saturated carbocycles. The average molecular weight is 404 g/mol. The van der Waals surface area contributed by atoms with Gasteiger partial charge in [-0.15, -0.1) is 11.6 Å². The molecule has 0 radical (unpaired) electrons. The number of hydrogen-bond acceptors (Lipinski definition) is 6. The van der Waals surface area contributed by atoms with Crippen molar-refractivity contribution < 1.29 is 22.5 Å². The predicted octanol–water partition coefficient (Wildman–Crippen LogP) is 3.81. The molecule has 25 heavy (non-hydrogen) atoms. The molecular formula is C16H15Cl2NO5S. The second-order valence-electron chi connectivity index (χ2n) is 5.62. The van der Waals surface area contributed by atoms with Crippen molar-refractivity contribution in [2.75, 3.05) is 11.8 Å². The summed E-state index contributed by atoms with van der Waals surface area (Å²) in [4.78, 5) is 12.7. The SMILES string of the molecule is CCOc1c(C(=O)c2cnoc2C2CC2)ccc(Cl)c1S(=O)(=O)CCl. The molecule has 6 nitrogen and oxygen atoms in total. The Morgan fingerprint density at radius 3 is 2.68 bits per heavy atom. The Morgan fingerprint density at radius 1 is 1.36 bits per heavy atom. The zero-order chi connectivity index (χ0) is 18.2. The normalized spacial score (nSPS) is 14.5. The Hall–Kier alpha value is -1.57. The van der Waals surface area contributed by atoms with Gasteiger partial charge in [-0.3, -0.25) is 4.79 Å². The van der Waals surface area contributed by atoms with Crippen LogP contribution in [-0.4, -0.2) is 31.2 Å². The molecule has 0 bridgehead atoms. The van der Waals surface area contributed by atoms with Crippen LogP contribution in [0.2, 0.25) is 5.02 Å². The third kappa shape index (κ3) is 3.41. The van der Waals surface area contributed by atoms with Gasteiger partial charge in [-0.2, -0.15) is 0 Å². The highest BCUT2D eigenvalue weighted by atomic mass is 35.5. The van der Waals surface area contributed by atoms with E-state index in [0.717, 1.165) is 12.8 Å². The summed E-state index contributed by atoms with van der Waals surface area (Å²) in [5, 5.41) is 2.99.